The van der Waals surface area contributed by atoms with E-state index in [0.717, 1.165) is 17.6 Å². The fourth-order valence-corrected chi connectivity index (χ4v) is 3.28. The summed E-state index contributed by atoms with van der Waals surface area (Å²) < 4.78 is 27.1. The summed E-state index contributed by atoms with van der Waals surface area (Å²) in [5.41, 5.74) is 8.58. The minimum Gasteiger partial charge on any atom is -0.369 e. The van der Waals surface area contributed by atoms with Crippen molar-refractivity contribution >= 4 is 26.8 Å². The van der Waals surface area contributed by atoms with E-state index in [1.165, 1.54) is 6.07 Å². The van der Waals surface area contributed by atoms with Crippen molar-refractivity contribution in [3.63, 3.8) is 0 Å². The van der Waals surface area contributed by atoms with Gasteiger partial charge in [0.25, 0.3) is 0 Å². The molecule has 0 saturated heterocycles. The first-order valence-corrected chi connectivity index (χ1v) is 8.16. The molecule has 0 fully saturated rings. The molecule has 2 heterocycles. The van der Waals surface area contributed by atoms with Gasteiger partial charge in [0.15, 0.2) is 9.84 Å². The van der Waals surface area contributed by atoms with E-state index in [9.17, 15) is 8.42 Å². The Morgan fingerprint density at radius 1 is 1.29 bits per heavy atom. The van der Waals surface area contributed by atoms with Crippen LogP contribution in [0.4, 0.5) is 5.95 Å². The number of imidazole rings is 1. The number of nitrogens with two attached hydrogens (primary N) is 1. The monoisotopic (exact) mass is 305 g/mol. The molecular weight excluding hydrogens is 290 g/mol. The molecule has 1 aromatic carbocycles. The van der Waals surface area contributed by atoms with Crippen molar-refractivity contribution in [3.05, 3.63) is 30.1 Å². The molecule has 21 heavy (non-hydrogen) atoms. The Morgan fingerprint density at radius 3 is 2.57 bits per heavy atom. The molecule has 2 aromatic heterocycles. The predicted octanol–water partition coefficient (Wildman–Crippen LogP) is 1.05. The highest BCUT2D eigenvalue weighted by Gasteiger charge is 2.19. The Bertz CT molecular complexity index is 953. The van der Waals surface area contributed by atoms with Crippen molar-refractivity contribution in [1.29, 1.82) is 0 Å². The lowest BCUT2D eigenvalue weighted by Crippen LogP contribution is -2.01. The van der Waals surface area contributed by atoms with Crippen molar-refractivity contribution in [1.82, 2.24) is 19.3 Å². The van der Waals surface area contributed by atoms with Crippen molar-refractivity contribution in [2.75, 3.05) is 12.0 Å². The molecule has 8 heteroatoms. The van der Waals surface area contributed by atoms with Crippen LogP contribution in [0.2, 0.25) is 0 Å². The highest BCUT2D eigenvalue weighted by molar-refractivity contribution is 7.91. The minimum absolute atomic E-state index is 0.173. The normalized spacial score (nSPS) is 12.1. The third-order valence-corrected chi connectivity index (χ3v) is 4.43. The maximum atomic E-state index is 11.9. The third-order valence-electron chi connectivity index (χ3n) is 3.30. The Balaban J connectivity index is 2.41. The molecule has 0 atom stereocenters. The number of rotatable bonds is 2. The van der Waals surface area contributed by atoms with Crippen LogP contribution in [0.25, 0.3) is 16.7 Å². The van der Waals surface area contributed by atoms with Gasteiger partial charge < -0.3 is 5.73 Å². The lowest BCUT2D eigenvalue weighted by atomic mass is 10.3. The van der Waals surface area contributed by atoms with E-state index in [2.05, 4.69) is 10.1 Å². The third kappa shape index (κ3) is 2.07. The largest absolute Gasteiger partial charge is 0.369 e. The van der Waals surface area contributed by atoms with E-state index in [1.54, 1.807) is 21.4 Å². The maximum Gasteiger partial charge on any atom is 0.206 e. The van der Waals surface area contributed by atoms with Gasteiger partial charge in [-0.1, -0.05) is 6.07 Å². The molecule has 0 aliphatic rings. The second-order valence-electron chi connectivity index (χ2n) is 4.97. The van der Waals surface area contributed by atoms with E-state index in [0.29, 0.717) is 11.0 Å². The number of nitrogen functional groups attached to an aromatic ring is 1. The van der Waals surface area contributed by atoms with Gasteiger partial charge in [0.2, 0.25) is 5.95 Å². The van der Waals surface area contributed by atoms with E-state index < -0.39 is 9.84 Å². The summed E-state index contributed by atoms with van der Waals surface area (Å²) in [5, 5.41) is 4.28. The van der Waals surface area contributed by atoms with E-state index >= 15 is 0 Å². The summed E-state index contributed by atoms with van der Waals surface area (Å²) in [4.78, 5) is 4.40. The smallest absolute Gasteiger partial charge is 0.206 e. The zero-order valence-corrected chi connectivity index (χ0v) is 12.7. The lowest BCUT2D eigenvalue weighted by molar-refractivity contribution is 0.602. The molecule has 0 aliphatic carbocycles. The summed E-state index contributed by atoms with van der Waals surface area (Å²) in [6.07, 6.45) is 2.98. The van der Waals surface area contributed by atoms with Crippen LogP contribution in [-0.2, 0) is 16.9 Å². The number of benzene rings is 1. The number of anilines is 1. The highest BCUT2D eigenvalue weighted by Crippen LogP contribution is 2.28. The van der Waals surface area contributed by atoms with Crippen LogP contribution >= 0.6 is 0 Å². The van der Waals surface area contributed by atoms with Crippen LogP contribution in [0.15, 0.2) is 29.3 Å². The minimum atomic E-state index is -3.37. The molecule has 3 aromatic rings. The quantitative estimate of drug-likeness (QED) is 0.763. The number of hydrogen-bond acceptors (Lipinski definition) is 5. The second-order valence-corrected chi connectivity index (χ2v) is 6.96. The summed E-state index contributed by atoms with van der Waals surface area (Å²) in [7, 11) is -1.56. The van der Waals surface area contributed by atoms with Crippen molar-refractivity contribution in [2.24, 2.45) is 7.05 Å². The zero-order chi connectivity index (χ0) is 15.4. The number of fused-ring (bicyclic) bond motifs is 1. The van der Waals surface area contributed by atoms with Crippen molar-refractivity contribution in [2.45, 2.75) is 11.8 Å². The Morgan fingerprint density at radius 2 is 2.00 bits per heavy atom. The summed E-state index contributed by atoms with van der Waals surface area (Å²) in [5.74, 6) is 0.234. The predicted molar refractivity (Wildman–Crippen MR) is 80.1 cm³/mol. The fourth-order valence-electron chi connectivity index (χ4n) is 2.45. The van der Waals surface area contributed by atoms with E-state index in [1.807, 2.05) is 20.2 Å². The van der Waals surface area contributed by atoms with Crippen LogP contribution in [0.5, 0.6) is 0 Å². The van der Waals surface area contributed by atoms with Gasteiger partial charge in [0.05, 0.1) is 21.8 Å². The molecule has 0 unspecified atom stereocenters. The number of hydrogen-bond donors (Lipinski definition) is 1. The molecule has 0 bridgehead atoms. The van der Waals surface area contributed by atoms with Gasteiger partial charge in [-0.05, 0) is 19.1 Å². The van der Waals surface area contributed by atoms with Gasteiger partial charge in [0, 0.05) is 19.5 Å². The molecular formula is C13H15N5O2S. The standard InChI is InChI=1S/C13H15N5O2S/c1-8-10(7-17(2)16-8)18-9-5-4-6-11(21(3,19)20)12(9)15-13(18)14/h4-7H,1-3H3,(H2,14,15). The van der Waals surface area contributed by atoms with Crippen molar-refractivity contribution in [3.8, 4) is 5.69 Å². The number of nitrogens with zero attached hydrogens (tertiary/aromatic N) is 4. The Labute approximate surface area is 121 Å². The average molecular weight is 305 g/mol. The molecule has 2 N–H and O–H groups in total. The molecule has 0 amide bonds. The highest BCUT2D eigenvalue weighted by atomic mass is 32.2. The van der Waals surface area contributed by atoms with E-state index in [-0.39, 0.29) is 10.8 Å². The molecule has 3 rings (SSSR count). The first-order valence-electron chi connectivity index (χ1n) is 6.26. The van der Waals surface area contributed by atoms with E-state index in [4.69, 9.17) is 5.73 Å². The van der Waals surface area contributed by atoms with Crippen LogP contribution in [0.1, 0.15) is 5.69 Å². The second kappa shape index (κ2) is 4.32. The molecule has 0 radical (unpaired) electrons. The van der Waals surface area contributed by atoms with Crippen molar-refractivity contribution < 1.29 is 8.42 Å². The van der Waals surface area contributed by atoms with Crippen LogP contribution in [-0.4, -0.2) is 34.0 Å². The van der Waals surface area contributed by atoms with Crippen LogP contribution in [0.3, 0.4) is 0 Å². The molecule has 0 spiro atoms. The molecule has 110 valence electrons. The van der Waals surface area contributed by atoms with Gasteiger partial charge in [-0.15, -0.1) is 0 Å². The molecule has 0 saturated carbocycles. The summed E-state index contributed by atoms with van der Waals surface area (Å²) in [6, 6.07) is 5.01. The number of para-hydroxylation sites is 1. The van der Waals surface area contributed by atoms with Gasteiger partial charge in [-0.25, -0.2) is 13.4 Å². The lowest BCUT2D eigenvalue weighted by Gasteiger charge is -2.05. The first-order chi connectivity index (χ1) is 9.79. The topological polar surface area (TPSA) is 95.8 Å². The Kier molecular flexibility index (Phi) is 2.80. The zero-order valence-electron chi connectivity index (χ0n) is 11.9. The molecule has 0 aliphatic heterocycles. The van der Waals surface area contributed by atoms with Gasteiger partial charge >= 0.3 is 0 Å². The maximum absolute atomic E-state index is 11.9. The number of aryl methyl sites for hydroxylation is 2. The average Bonchev–Trinajstić information content (AvgIpc) is 2.86. The SMILES string of the molecule is Cc1nn(C)cc1-n1c(N)nc2c(S(C)(=O)=O)cccc21. The molecule has 7 nitrogen and oxygen atoms in total. The fraction of sp³-hybridized carbons (Fsp3) is 0.231. The number of aromatic nitrogens is 4. The van der Waals surface area contributed by atoms with Gasteiger partial charge in [-0.3, -0.25) is 9.25 Å². The number of sulfone groups is 1. The summed E-state index contributed by atoms with van der Waals surface area (Å²) in [6.45, 7) is 1.86. The van der Waals surface area contributed by atoms with Crippen LogP contribution < -0.4 is 5.73 Å². The van der Waals surface area contributed by atoms with Gasteiger partial charge in [0.1, 0.15) is 5.52 Å². The summed E-state index contributed by atoms with van der Waals surface area (Å²) >= 11 is 0. The van der Waals surface area contributed by atoms with Crippen LogP contribution in [0, 0.1) is 6.92 Å². The Hall–Kier alpha value is -2.35. The first kappa shape index (κ1) is 13.6. The van der Waals surface area contributed by atoms with Gasteiger partial charge in [-0.2, -0.15) is 5.10 Å².